The standard InChI is InChI=1S/C22H22FN3O3/c1-2-12-29-22(28)19(14-26-11-10-24-15-26)21(27)25-20-13-17(23)8-9-18(20)16-6-4-3-5-7-16/h3-11,13,15,19H,2,12,14H2,1H3,(H,25,27)/t19-/m0/s1. The highest BCUT2D eigenvalue weighted by Crippen LogP contribution is 2.29. The minimum Gasteiger partial charge on any atom is -0.465 e. The molecule has 1 amide bonds. The number of hydrogen-bond acceptors (Lipinski definition) is 4. The predicted octanol–water partition coefficient (Wildman–Crippen LogP) is 3.90. The summed E-state index contributed by atoms with van der Waals surface area (Å²) in [5.41, 5.74) is 1.77. The van der Waals surface area contributed by atoms with E-state index in [1.54, 1.807) is 23.0 Å². The number of halogens is 1. The van der Waals surface area contributed by atoms with Gasteiger partial charge in [-0.2, -0.15) is 0 Å². The van der Waals surface area contributed by atoms with E-state index in [2.05, 4.69) is 10.3 Å². The fourth-order valence-corrected chi connectivity index (χ4v) is 2.88. The Kier molecular flexibility index (Phi) is 6.73. The lowest BCUT2D eigenvalue weighted by molar-refractivity contribution is -0.152. The molecule has 0 spiro atoms. The molecule has 1 N–H and O–H groups in total. The summed E-state index contributed by atoms with van der Waals surface area (Å²) in [6.45, 7) is 2.17. The van der Waals surface area contributed by atoms with Gasteiger partial charge in [0, 0.05) is 24.5 Å². The Morgan fingerprint density at radius 3 is 2.69 bits per heavy atom. The Morgan fingerprint density at radius 1 is 1.21 bits per heavy atom. The summed E-state index contributed by atoms with van der Waals surface area (Å²) in [4.78, 5) is 29.4. The number of aromatic nitrogens is 2. The zero-order valence-electron chi connectivity index (χ0n) is 16.0. The fraction of sp³-hybridized carbons (Fsp3) is 0.227. The SMILES string of the molecule is CCCOC(=O)[C@@H](Cn1ccnc1)C(=O)Nc1cc(F)ccc1-c1ccccc1. The zero-order valence-corrected chi connectivity index (χ0v) is 16.0. The first kappa shape index (κ1) is 20.3. The van der Waals surface area contributed by atoms with Crippen molar-refractivity contribution in [2.24, 2.45) is 5.92 Å². The molecule has 0 saturated carbocycles. The fourth-order valence-electron chi connectivity index (χ4n) is 2.88. The van der Waals surface area contributed by atoms with E-state index in [9.17, 15) is 14.0 Å². The summed E-state index contributed by atoms with van der Waals surface area (Å²) in [6, 6.07) is 13.5. The molecule has 1 aromatic heterocycles. The normalized spacial score (nSPS) is 11.7. The van der Waals surface area contributed by atoms with Crippen LogP contribution < -0.4 is 5.32 Å². The van der Waals surface area contributed by atoms with Crippen molar-refractivity contribution in [1.82, 2.24) is 9.55 Å². The van der Waals surface area contributed by atoms with Crippen LogP contribution in [0.4, 0.5) is 10.1 Å². The molecule has 3 aromatic rings. The van der Waals surface area contributed by atoms with E-state index in [-0.39, 0.29) is 13.2 Å². The second kappa shape index (κ2) is 9.64. The molecule has 3 rings (SSSR count). The molecular formula is C22H22FN3O3. The van der Waals surface area contributed by atoms with Gasteiger partial charge >= 0.3 is 5.97 Å². The van der Waals surface area contributed by atoms with E-state index in [0.717, 1.165) is 5.56 Å². The number of nitrogens with zero attached hydrogens (tertiary/aromatic N) is 2. The van der Waals surface area contributed by atoms with Gasteiger partial charge in [0.2, 0.25) is 5.91 Å². The molecule has 1 heterocycles. The van der Waals surface area contributed by atoms with Gasteiger partial charge in [-0.3, -0.25) is 9.59 Å². The van der Waals surface area contributed by atoms with Crippen molar-refractivity contribution in [2.75, 3.05) is 11.9 Å². The van der Waals surface area contributed by atoms with E-state index in [0.29, 0.717) is 17.7 Å². The third-order valence-electron chi connectivity index (χ3n) is 4.33. The first-order chi connectivity index (χ1) is 14.1. The van der Waals surface area contributed by atoms with E-state index in [1.165, 1.54) is 18.5 Å². The van der Waals surface area contributed by atoms with Crippen LogP contribution in [-0.4, -0.2) is 28.0 Å². The smallest absolute Gasteiger partial charge is 0.320 e. The minimum atomic E-state index is -1.09. The topological polar surface area (TPSA) is 73.2 Å². The molecule has 0 saturated heterocycles. The van der Waals surface area contributed by atoms with E-state index in [4.69, 9.17) is 4.74 Å². The molecule has 0 fully saturated rings. The molecule has 0 unspecified atom stereocenters. The molecule has 1 atom stereocenters. The molecule has 6 nitrogen and oxygen atoms in total. The van der Waals surface area contributed by atoms with Crippen LogP contribution in [-0.2, 0) is 20.9 Å². The summed E-state index contributed by atoms with van der Waals surface area (Å²) >= 11 is 0. The third kappa shape index (κ3) is 5.28. The maximum Gasteiger partial charge on any atom is 0.320 e. The summed E-state index contributed by atoms with van der Waals surface area (Å²) in [5, 5.41) is 2.71. The number of anilines is 1. The molecule has 0 aliphatic rings. The number of hydrogen-bond donors (Lipinski definition) is 1. The minimum absolute atomic E-state index is 0.0738. The van der Waals surface area contributed by atoms with E-state index < -0.39 is 23.6 Å². The van der Waals surface area contributed by atoms with Gasteiger partial charge in [-0.05, 0) is 30.2 Å². The van der Waals surface area contributed by atoms with Gasteiger partial charge in [0.05, 0.1) is 18.6 Å². The van der Waals surface area contributed by atoms with Crippen LogP contribution in [0.1, 0.15) is 13.3 Å². The quantitative estimate of drug-likeness (QED) is 0.464. The molecular weight excluding hydrogens is 373 g/mol. The highest BCUT2D eigenvalue weighted by molar-refractivity contribution is 6.06. The van der Waals surface area contributed by atoms with Crippen LogP contribution in [0.2, 0.25) is 0 Å². The number of nitrogens with one attached hydrogen (secondary N) is 1. The predicted molar refractivity (Wildman–Crippen MR) is 107 cm³/mol. The molecule has 29 heavy (non-hydrogen) atoms. The molecule has 0 aliphatic carbocycles. The van der Waals surface area contributed by atoms with Crippen LogP contribution in [0.3, 0.4) is 0 Å². The van der Waals surface area contributed by atoms with Crippen LogP contribution >= 0.6 is 0 Å². The summed E-state index contributed by atoms with van der Waals surface area (Å²) in [5.74, 6) is -2.78. The van der Waals surface area contributed by atoms with Crippen LogP contribution in [0, 0.1) is 11.7 Å². The van der Waals surface area contributed by atoms with Crippen LogP contribution in [0.5, 0.6) is 0 Å². The Labute approximate surface area is 168 Å². The first-order valence-corrected chi connectivity index (χ1v) is 9.36. The van der Waals surface area contributed by atoms with Crippen LogP contribution in [0.15, 0.2) is 67.3 Å². The lowest BCUT2D eigenvalue weighted by atomic mass is 10.0. The van der Waals surface area contributed by atoms with Crippen molar-refractivity contribution in [3.05, 3.63) is 73.1 Å². The zero-order chi connectivity index (χ0) is 20.6. The average molecular weight is 395 g/mol. The second-order valence-corrected chi connectivity index (χ2v) is 6.52. The lowest BCUT2D eigenvalue weighted by Gasteiger charge is -2.18. The van der Waals surface area contributed by atoms with Crippen molar-refractivity contribution < 1.29 is 18.7 Å². The van der Waals surface area contributed by atoms with Crippen molar-refractivity contribution in [1.29, 1.82) is 0 Å². The average Bonchev–Trinajstić information content (AvgIpc) is 3.24. The van der Waals surface area contributed by atoms with Gasteiger partial charge in [-0.1, -0.05) is 37.3 Å². The van der Waals surface area contributed by atoms with E-state index in [1.807, 2.05) is 37.3 Å². The molecule has 0 bridgehead atoms. The van der Waals surface area contributed by atoms with Gasteiger partial charge in [0.1, 0.15) is 5.82 Å². The number of esters is 1. The highest BCUT2D eigenvalue weighted by Gasteiger charge is 2.29. The van der Waals surface area contributed by atoms with Gasteiger partial charge in [0.25, 0.3) is 0 Å². The summed E-state index contributed by atoms with van der Waals surface area (Å²) in [6.07, 6.45) is 5.38. The summed E-state index contributed by atoms with van der Waals surface area (Å²) in [7, 11) is 0. The van der Waals surface area contributed by atoms with Gasteiger partial charge in [-0.25, -0.2) is 9.37 Å². The van der Waals surface area contributed by atoms with Gasteiger partial charge in [-0.15, -0.1) is 0 Å². The second-order valence-electron chi connectivity index (χ2n) is 6.52. The van der Waals surface area contributed by atoms with Crippen LogP contribution in [0.25, 0.3) is 11.1 Å². The van der Waals surface area contributed by atoms with Gasteiger partial charge in [0.15, 0.2) is 5.92 Å². The Hall–Kier alpha value is -3.48. The maximum absolute atomic E-state index is 13.9. The number of amides is 1. The molecule has 150 valence electrons. The number of ether oxygens (including phenoxy) is 1. The molecule has 2 aromatic carbocycles. The highest BCUT2D eigenvalue weighted by atomic mass is 19.1. The largest absolute Gasteiger partial charge is 0.465 e. The number of carbonyl (C=O) groups excluding carboxylic acids is 2. The lowest BCUT2D eigenvalue weighted by Crippen LogP contribution is -2.34. The molecule has 7 heteroatoms. The van der Waals surface area contributed by atoms with Crippen molar-refractivity contribution in [2.45, 2.75) is 19.9 Å². The first-order valence-electron chi connectivity index (χ1n) is 9.36. The van der Waals surface area contributed by atoms with Crippen molar-refractivity contribution >= 4 is 17.6 Å². The maximum atomic E-state index is 13.9. The number of carbonyl (C=O) groups is 2. The van der Waals surface area contributed by atoms with Crippen molar-refractivity contribution in [3.8, 4) is 11.1 Å². The van der Waals surface area contributed by atoms with Crippen molar-refractivity contribution in [3.63, 3.8) is 0 Å². The third-order valence-corrected chi connectivity index (χ3v) is 4.33. The Bertz CT molecular complexity index is 959. The Morgan fingerprint density at radius 2 is 2.00 bits per heavy atom. The number of benzene rings is 2. The van der Waals surface area contributed by atoms with E-state index >= 15 is 0 Å². The molecule has 0 aliphatic heterocycles. The van der Waals surface area contributed by atoms with Gasteiger partial charge < -0.3 is 14.6 Å². The number of imidazole rings is 1. The number of rotatable bonds is 8. The summed E-state index contributed by atoms with van der Waals surface area (Å²) < 4.78 is 20.7. The molecule has 0 radical (unpaired) electrons. The monoisotopic (exact) mass is 395 g/mol. The Balaban J connectivity index is 1.87.